The van der Waals surface area contributed by atoms with Crippen LogP contribution in [0.4, 0.5) is 5.69 Å². The number of ether oxygens (including phenoxy) is 1. The smallest absolute Gasteiger partial charge is 0.244 e. The van der Waals surface area contributed by atoms with Crippen molar-refractivity contribution in [2.45, 2.75) is 39.8 Å². The standard InChI is InChI=1S/C24H32ClN3O5S/c1-6-22(24(30)26-7-2)27(15-18-9-12-20(33-4)13-10-18)23(29)16-28(34(5,31)32)19-11-8-17(3)21(25)14-19/h8-14,22H,6-7,15-16H2,1-5H3,(H,26,30)/t22-/m0/s1. The molecule has 2 aromatic carbocycles. The Morgan fingerprint density at radius 3 is 2.26 bits per heavy atom. The van der Waals surface area contributed by atoms with Gasteiger partial charge in [-0.3, -0.25) is 13.9 Å². The lowest BCUT2D eigenvalue weighted by Gasteiger charge is -2.33. The molecular weight excluding hydrogens is 478 g/mol. The van der Waals surface area contributed by atoms with Crippen molar-refractivity contribution in [1.82, 2.24) is 10.2 Å². The molecule has 0 aliphatic heterocycles. The van der Waals surface area contributed by atoms with E-state index in [1.807, 2.05) is 6.92 Å². The zero-order chi connectivity index (χ0) is 25.5. The van der Waals surface area contributed by atoms with Crippen molar-refractivity contribution in [3.05, 3.63) is 58.6 Å². The minimum absolute atomic E-state index is 0.130. The number of likely N-dealkylation sites (N-methyl/N-ethyl adjacent to an activating group) is 1. The summed E-state index contributed by atoms with van der Waals surface area (Å²) in [5.74, 6) is -0.135. The van der Waals surface area contributed by atoms with Crippen LogP contribution in [-0.4, -0.2) is 57.6 Å². The van der Waals surface area contributed by atoms with Crippen LogP contribution in [0.1, 0.15) is 31.4 Å². The first-order chi connectivity index (χ1) is 16.0. The predicted molar refractivity (Wildman–Crippen MR) is 135 cm³/mol. The molecule has 0 bridgehead atoms. The summed E-state index contributed by atoms with van der Waals surface area (Å²) in [4.78, 5) is 27.7. The first-order valence-electron chi connectivity index (χ1n) is 11.0. The molecule has 0 aromatic heterocycles. The molecule has 34 heavy (non-hydrogen) atoms. The Kier molecular flexibility index (Phi) is 9.76. The number of methoxy groups -OCH3 is 1. The molecule has 1 atom stereocenters. The lowest BCUT2D eigenvalue weighted by molar-refractivity contribution is -0.140. The topological polar surface area (TPSA) is 96.0 Å². The van der Waals surface area contributed by atoms with Crippen molar-refractivity contribution in [1.29, 1.82) is 0 Å². The Morgan fingerprint density at radius 2 is 1.76 bits per heavy atom. The summed E-state index contributed by atoms with van der Waals surface area (Å²) in [6, 6.07) is 11.2. The van der Waals surface area contributed by atoms with E-state index in [9.17, 15) is 18.0 Å². The highest BCUT2D eigenvalue weighted by Crippen LogP contribution is 2.25. The highest BCUT2D eigenvalue weighted by Gasteiger charge is 2.31. The second kappa shape index (κ2) is 12.1. The van der Waals surface area contributed by atoms with Crippen molar-refractivity contribution < 1.29 is 22.7 Å². The summed E-state index contributed by atoms with van der Waals surface area (Å²) < 4.78 is 31.4. The van der Waals surface area contributed by atoms with Gasteiger partial charge in [-0.05, 0) is 55.7 Å². The van der Waals surface area contributed by atoms with E-state index in [0.29, 0.717) is 23.7 Å². The number of halogens is 1. The van der Waals surface area contributed by atoms with Crippen LogP contribution in [0.2, 0.25) is 5.02 Å². The number of anilines is 1. The van der Waals surface area contributed by atoms with Gasteiger partial charge in [0.25, 0.3) is 0 Å². The molecular formula is C24H32ClN3O5S. The molecule has 0 aliphatic rings. The molecule has 0 radical (unpaired) electrons. The molecule has 0 spiro atoms. The number of carbonyl (C=O) groups is 2. The van der Waals surface area contributed by atoms with Crippen molar-refractivity contribution in [3.8, 4) is 5.75 Å². The number of sulfonamides is 1. The monoisotopic (exact) mass is 509 g/mol. The highest BCUT2D eigenvalue weighted by atomic mass is 35.5. The molecule has 0 saturated carbocycles. The number of hydrogen-bond acceptors (Lipinski definition) is 5. The van der Waals surface area contributed by atoms with Crippen molar-refractivity contribution in [2.75, 3.05) is 30.8 Å². The minimum atomic E-state index is -3.81. The van der Waals surface area contributed by atoms with E-state index in [0.717, 1.165) is 21.7 Å². The Labute approximate surface area is 206 Å². The molecule has 0 fully saturated rings. The number of hydrogen-bond donors (Lipinski definition) is 1. The predicted octanol–water partition coefficient (Wildman–Crippen LogP) is 3.37. The first kappa shape index (κ1) is 27.5. The normalized spacial score (nSPS) is 12.1. The average molecular weight is 510 g/mol. The lowest BCUT2D eigenvalue weighted by atomic mass is 10.1. The minimum Gasteiger partial charge on any atom is -0.497 e. The fourth-order valence-corrected chi connectivity index (χ4v) is 4.51. The van der Waals surface area contributed by atoms with Gasteiger partial charge in [0.2, 0.25) is 21.8 Å². The Hall–Kier alpha value is -2.78. The van der Waals surface area contributed by atoms with Gasteiger partial charge in [-0.1, -0.05) is 36.7 Å². The van der Waals surface area contributed by atoms with E-state index in [-0.39, 0.29) is 18.1 Å². The fourth-order valence-electron chi connectivity index (χ4n) is 3.49. The second-order valence-electron chi connectivity index (χ2n) is 7.89. The van der Waals surface area contributed by atoms with Crippen molar-refractivity contribution in [3.63, 3.8) is 0 Å². The van der Waals surface area contributed by atoms with E-state index in [1.54, 1.807) is 57.4 Å². The summed E-state index contributed by atoms with van der Waals surface area (Å²) in [6.07, 6.45) is 1.39. The van der Waals surface area contributed by atoms with Gasteiger partial charge >= 0.3 is 0 Å². The molecule has 2 amide bonds. The molecule has 0 saturated heterocycles. The first-order valence-corrected chi connectivity index (χ1v) is 13.2. The third kappa shape index (κ3) is 7.11. The maximum absolute atomic E-state index is 13.5. The summed E-state index contributed by atoms with van der Waals surface area (Å²) >= 11 is 6.21. The number of nitrogens with one attached hydrogen (secondary N) is 1. The van der Waals surface area contributed by atoms with E-state index in [4.69, 9.17) is 16.3 Å². The van der Waals surface area contributed by atoms with Gasteiger partial charge in [0.05, 0.1) is 19.1 Å². The molecule has 10 heteroatoms. The van der Waals surface area contributed by atoms with Gasteiger partial charge in [-0.25, -0.2) is 8.42 Å². The zero-order valence-corrected chi connectivity index (χ0v) is 21.7. The summed E-state index contributed by atoms with van der Waals surface area (Å²) in [6.45, 7) is 5.48. The number of amides is 2. The van der Waals surface area contributed by atoms with Crippen LogP contribution < -0.4 is 14.4 Å². The number of nitrogens with zero attached hydrogens (tertiary/aromatic N) is 2. The summed E-state index contributed by atoms with van der Waals surface area (Å²) in [7, 11) is -2.25. The SMILES string of the molecule is CCNC(=O)[C@H](CC)N(Cc1ccc(OC)cc1)C(=O)CN(c1ccc(C)c(Cl)c1)S(C)(=O)=O. The largest absolute Gasteiger partial charge is 0.497 e. The van der Waals surface area contributed by atoms with Gasteiger partial charge in [0, 0.05) is 18.1 Å². The number of rotatable bonds is 11. The highest BCUT2D eigenvalue weighted by molar-refractivity contribution is 7.92. The molecule has 2 aromatic rings. The average Bonchev–Trinajstić information content (AvgIpc) is 2.79. The zero-order valence-electron chi connectivity index (χ0n) is 20.2. The molecule has 1 N–H and O–H groups in total. The third-order valence-corrected chi connectivity index (χ3v) is 6.92. The van der Waals surface area contributed by atoms with Gasteiger partial charge < -0.3 is 15.0 Å². The quantitative estimate of drug-likeness (QED) is 0.501. The van der Waals surface area contributed by atoms with E-state index in [1.165, 1.54) is 11.0 Å². The molecule has 0 heterocycles. The number of benzene rings is 2. The number of carbonyl (C=O) groups excluding carboxylic acids is 2. The fraction of sp³-hybridized carbons (Fsp3) is 0.417. The van der Waals surface area contributed by atoms with Crippen LogP contribution in [-0.2, 0) is 26.2 Å². The maximum Gasteiger partial charge on any atom is 0.244 e. The van der Waals surface area contributed by atoms with Crippen LogP contribution >= 0.6 is 11.6 Å². The van der Waals surface area contributed by atoms with E-state index in [2.05, 4.69) is 5.32 Å². The Bertz CT molecular complexity index is 1110. The van der Waals surface area contributed by atoms with E-state index < -0.39 is 28.5 Å². The van der Waals surface area contributed by atoms with Crippen molar-refractivity contribution in [2.24, 2.45) is 0 Å². The summed E-state index contributed by atoms with van der Waals surface area (Å²) in [5.41, 5.74) is 1.84. The summed E-state index contributed by atoms with van der Waals surface area (Å²) in [5, 5.41) is 3.15. The van der Waals surface area contributed by atoms with Gasteiger partial charge in [-0.15, -0.1) is 0 Å². The molecule has 0 unspecified atom stereocenters. The lowest BCUT2D eigenvalue weighted by Crippen LogP contribution is -2.52. The number of aryl methyl sites for hydroxylation is 1. The maximum atomic E-state index is 13.5. The van der Waals surface area contributed by atoms with Crippen molar-refractivity contribution >= 4 is 39.1 Å². The van der Waals surface area contributed by atoms with Gasteiger partial charge in [-0.2, -0.15) is 0 Å². The second-order valence-corrected chi connectivity index (χ2v) is 10.2. The van der Waals surface area contributed by atoms with Gasteiger partial charge in [0.15, 0.2) is 0 Å². The van der Waals surface area contributed by atoms with Crippen LogP contribution in [0.15, 0.2) is 42.5 Å². The third-order valence-electron chi connectivity index (χ3n) is 5.37. The molecule has 8 nitrogen and oxygen atoms in total. The van der Waals surface area contributed by atoms with Gasteiger partial charge in [0.1, 0.15) is 18.3 Å². The Balaban J connectivity index is 2.44. The van der Waals surface area contributed by atoms with Crippen LogP contribution in [0.25, 0.3) is 0 Å². The molecule has 2 rings (SSSR count). The Morgan fingerprint density at radius 1 is 1.12 bits per heavy atom. The van der Waals surface area contributed by atoms with Crippen LogP contribution in [0.5, 0.6) is 5.75 Å². The van der Waals surface area contributed by atoms with Crippen LogP contribution in [0.3, 0.4) is 0 Å². The van der Waals surface area contributed by atoms with E-state index >= 15 is 0 Å². The molecule has 0 aliphatic carbocycles. The van der Waals surface area contributed by atoms with Crippen LogP contribution in [0, 0.1) is 6.92 Å². The molecule has 186 valence electrons.